The number of imidazole rings is 1. The van der Waals surface area contributed by atoms with E-state index in [1.165, 1.54) is 12.1 Å². The van der Waals surface area contributed by atoms with Crippen molar-refractivity contribution in [2.24, 2.45) is 0 Å². The summed E-state index contributed by atoms with van der Waals surface area (Å²) >= 11 is 0. The van der Waals surface area contributed by atoms with Gasteiger partial charge in [0.15, 0.2) is 5.82 Å². The first-order chi connectivity index (χ1) is 13.1. The fourth-order valence-electron chi connectivity index (χ4n) is 2.92. The normalized spacial score (nSPS) is 11.2. The van der Waals surface area contributed by atoms with Gasteiger partial charge < -0.3 is 15.2 Å². The largest absolute Gasteiger partial charge is 0.392 e. The molecule has 0 bridgehead atoms. The average molecular weight is 365 g/mol. The highest BCUT2D eigenvalue weighted by atomic mass is 16.6. The standard InChI is InChI=1S/C18H15N5O4/c24-8-11-2-1-10(5-12(11)9-25)15-7-17(22-21-15)18-19-14-4-3-13(23(26)27)6-16(14)20-18/h1-7,24-25H,8-9H2,(H,19,20)(H,21,22). The summed E-state index contributed by atoms with van der Waals surface area (Å²) in [4.78, 5) is 17.9. The van der Waals surface area contributed by atoms with Crippen LogP contribution < -0.4 is 0 Å². The zero-order valence-electron chi connectivity index (χ0n) is 14.0. The molecular weight excluding hydrogens is 350 g/mol. The number of aromatic amines is 2. The molecule has 0 aliphatic heterocycles. The van der Waals surface area contributed by atoms with E-state index in [-0.39, 0.29) is 18.9 Å². The monoisotopic (exact) mass is 365 g/mol. The lowest BCUT2D eigenvalue weighted by atomic mass is 10.0. The Morgan fingerprint density at radius 3 is 2.59 bits per heavy atom. The number of non-ortho nitro benzene ring substituents is 1. The van der Waals surface area contributed by atoms with Crippen molar-refractivity contribution in [3.8, 4) is 22.8 Å². The van der Waals surface area contributed by atoms with Crippen molar-refractivity contribution in [3.63, 3.8) is 0 Å². The molecule has 4 rings (SSSR count). The van der Waals surface area contributed by atoms with Crippen molar-refractivity contribution in [1.29, 1.82) is 0 Å². The molecule has 0 spiro atoms. The third-order valence-electron chi connectivity index (χ3n) is 4.35. The topological polar surface area (TPSA) is 141 Å². The predicted molar refractivity (Wildman–Crippen MR) is 97.6 cm³/mol. The highest BCUT2D eigenvalue weighted by Crippen LogP contribution is 2.27. The molecule has 0 radical (unpaired) electrons. The number of rotatable bonds is 5. The number of hydrogen-bond donors (Lipinski definition) is 4. The number of fused-ring (bicyclic) bond motifs is 1. The van der Waals surface area contributed by atoms with Gasteiger partial charge in [0.05, 0.1) is 34.9 Å². The summed E-state index contributed by atoms with van der Waals surface area (Å²) in [6, 6.07) is 11.6. The zero-order valence-corrected chi connectivity index (χ0v) is 14.0. The molecule has 0 unspecified atom stereocenters. The molecule has 4 N–H and O–H groups in total. The van der Waals surface area contributed by atoms with E-state index in [1.807, 2.05) is 6.07 Å². The van der Waals surface area contributed by atoms with Crippen molar-refractivity contribution in [2.75, 3.05) is 0 Å². The maximum atomic E-state index is 10.9. The summed E-state index contributed by atoms with van der Waals surface area (Å²) in [5, 5.41) is 36.8. The minimum Gasteiger partial charge on any atom is -0.392 e. The van der Waals surface area contributed by atoms with Gasteiger partial charge in [-0.1, -0.05) is 12.1 Å². The molecule has 2 heterocycles. The Balaban J connectivity index is 1.70. The average Bonchev–Trinajstić information content (AvgIpc) is 3.33. The Bertz CT molecular complexity index is 1150. The molecule has 2 aromatic heterocycles. The number of hydrogen-bond acceptors (Lipinski definition) is 6. The van der Waals surface area contributed by atoms with Gasteiger partial charge in [0, 0.05) is 17.7 Å². The third kappa shape index (κ3) is 3.05. The summed E-state index contributed by atoms with van der Waals surface area (Å²) in [5.41, 5.74) is 4.52. The van der Waals surface area contributed by atoms with Gasteiger partial charge in [-0.3, -0.25) is 15.2 Å². The highest BCUT2D eigenvalue weighted by molar-refractivity contribution is 5.81. The van der Waals surface area contributed by atoms with E-state index >= 15 is 0 Å². The molecule has 136 valence electrons. The van der Waals surface area contributed by atoms with Gasteiger partial charge in [-0.05, 0) is 29.3 Å². The predicted octanol–water partition coefficient (Wildman–Crippen LogP) is 2.51. The lowest BCUT2D eigenvalue weighted by molar-refractivity contribution is -0.384. The fraction of sp³-hybridized carbons (Fsp3) is 0.111. The van der Waals surface area contributed by atoms with Crippen LogP contribution in [0.3, 0.4) is 0 Å². The highest BCUT2D eigenvalue weighted by Gasteiger charge is 2.13. The van der Waals surface area contributed by atoms with Crippen LogP contribution in [0.2, 0.25) is 0 Å². The molecule has 0 saturated carbocycles. The number of aliphatic hydroxyl groups excluding tert-OH is 2. The van der Waals surface area contributed by atoms with Gasteiger partial charge >= 0.3 is 0 Å². The molecule has 0 aliphatic carbocycles. The summed E-state index contributed by atoms with van der Waals surface area (Å²) in [6.45, 7) is -0.323. The van der Waals surface area contributed by atoms with Gasteiger partial charge in [-0.15, -0.1) is 0 Å². The molecule has 27 heavy (non-hydrogen) atoms. The smallest absolute Gasteiger partial charge is 0.271 e. The molecule has 9 heteroatoms. The van der Waals surface area contributed by atoms with Gasteiger partial charge in [0.25, 0.3) is 5.69 Å². The first-order valence-electron chi connectivity index (χ1n) is 8.13. The maximum Gasteiger partial charge on any atom is 0.271 e. The molecule has 0 atom stereocenters. The summed E-state index contributed by atoms with van der Waals surface area (Å²) in [7, 11) is 0. The van der Waals surface area contributed by atoms with Crippen molar-refractivity contribution >= 4 is 16.7 Å². The number of aliphatic hydroxyl groups is 2. The number of nitro groups is 1. The molecule has 2 aromatic carbocycles. The van der Waals surface area contributed by atoms with Crippen LogP contribution in [0.5, 0.6) is 0 Å². The lowest BCUT2D eigenvalue weighted by Gasteiger charge is -2.06. The van der Waals surface area contributed by atoms with Crippen LogP contribution in [0, 0.1) is 10.1 Å². The van der Waals surface area contributed by atoms with E-state index < -0.39 is 4.92 Å². The molecule has 9 nitrogen and oxygen atoms in total. The van der Waals surface area contributed by atoms with Crippen LogP contribution in [-0.4, -0.2) is 35.3 Å². The SMILES string of the molecule is O=[N+]([O-])c1ccc2nc(-c3cc(-c4ccc(CO)c(CO)c4)n[nH]3)[nH]c2c1. The Morgan fingerprint density at radius 2 is 1.85 bits per heavy atom. The number of H-pyrrole nitrogens is 2. The molecule has 4 aromatic rings. The summed E-state index contributed by atoms with van der Waals surface area (Å²) < 4.78 is 0. The third-order valence-corrected chi connectivity index (χ3v) is 4.35. The first kappa shape index (κ1) is 16.9. The number of nitrogens with one attached hydrogen (secondary N) is 2. The van der Waals surface area contributed by atoms with E-state index in [4.69, 9.17) is 0 Å². The molecule has 0 saturated heterocycles. The molecule has 0 aliphatic rings. The van der Waals surface area contributed by atoms with Crippen LogP contribution in [0.15, 0.2) is 42.5 Å². The van der Waals surface area contributed by atoms with Gasteiger partial charge in [0.2, 0.25) is 0 Å². The van der Waals surface area contributed by atoms with E-state index in [0.717, 1.165) is 5.56 Å². The van der Waals surface area contributed by atoms with Gasteiger partial charge in [-0.25, -0.2) is 4.98 Å². The molecule has 0 fully saturated rings. The minimum absolute atomic E-state index is 0.0106. The molecule has 0 amide bonds. The van der Waals surface area contributed by atoms with Gasteiger partial charge in [-0.2, -0.15) is 5.10 Å². The second-order valence-electron chi connectivity index (χ2n) is 6.01. The second-order valence-corrected chi connectivity index (χ2v) is 6.01. The molecular formula is C18H15N5O4. The second kappa shape index (κ2) is 6.63. The van der Waals surface area contributed by atoms with Gasteiger partial charge in [0.1, 0.15) is 5.69 Å². The Hall–Kier alpha value is -3.56. The maximum absolute atomic E-state index is 10.9. The number of nitro benzene ring substituents is 1. The van der Waals surface area contributed by atoms with E-state index in [1.54, 1.807) is 24.3 Å². The fourth-order valence-corrected chi connectivity index (χ4v) is 2.92. The van der Waals surface area contributed by atoms with Crippen LogP contribution >= 0.6 is 0 Å². The Morgan fingerprint density at radius 1 is 1.04 bits per heavy atom. The number of nitrogens with zero attached hydrogens (tertiary/aromatic N) is 3. The number of aromatic nitrogens is 4. The van der Waals surface area contributed by atoms with E-state index in [9.17, 15) is 20.3 Å². The Kier molecular flexibility index (Phi) is 4.15. The van der Waals surface area contributed by atoms with Crippen molar-refractivity contribution in [3.05, 3.63) is 63.7 Å². The van der Waals surface area contributed by atoms with Crippen molar-refractivity contribution in [2.45, 2.75) is 13.2 Å². The minimum atomic E-state index is -0.455. The Labute approximate surface area is 152 Å². The van der Waals surface area contributed by atoms with Crippen LogP contribution in [0.1, 0.15) is 11.1 Å². The van der Waals surface area contributed by atoms with Crippen molar-refractivity contribution < 1.29 is 15.1 Å². The van der Waals surface area contributed by atoms with E-state index in [0.29, 0.717) is 39.4 Å². The van der Waals surface area contributed by atoms with Crippen LogP contribution in [0.4, 0.5) is 5.69 Å². The first-order valence-corrected chi connectivity index (χ1v) is 8.13. The lowest BCUT2D eigenvalue weighted by Crippen LogP contribution is -1.94. The van der Waals surface area contributed by atoms with Crippen molar-refractivity contribution in [1.82, 2.24) is 20.2 Å². The quantitative estimate of drug-likeness (QED) is 0.316. The van der Waals surface area contributed by atoms with Crippen LogP contribution in [-0.2, 0) is 13.2 Å². The van der Waals surface area contributed by atoms with Crippen LogP contribution in [0.25, 0.3) is 33.8 Å². The zero-order chi connectivity index (χ0) is 19.0. The summed E-state index contributed by atoms with van der Waals surface area (Å²) in [5.74, 6) is 0.513. The summed E-state index contributed by atoms with van der Waals surface area (Å²) in [6.07, 6.45) is 0. The van der Waals surface area contributed by atoms with E-state index in [2.05, 4.69) is 20.2 Å². The number of benzene rings is 2.